The summed E-state index contributed by atoms with van der Waals surface area (Å²) in [5.41, 5.74) is 0.543. The second-order valence-electron chi connectivity index (χ2n) is 9.20. The van der Waals surface area contributed by atoms with E-state index in [9.17, 15) is 14.4 Å². The number of anilines is 1. The minimum absolute atomic E-state index is 0.0451. The van der Waals surface area contributed by atoms with E-state index in [1.165, 1.54) is 0 Å². The van der Waals surface area contributed by atoms with Gasteiger partial charge in [0.1, 0.15) is 12.1 Å². The van der Waals surface area contributed by atoms with Gasteiger partial charge < -0.3 is 20.0 Å². The van der Waals surface area contributed by atoms with Crippen molar-refractivity contribution in [2.45, 2.75) is 37.3 Å². The fraction of sp³-hybridized carbons (Fsp3) is 0.400. The standard InChI is InChI=1S/C25H26Cl2N4O3/c26-17-6-9-20(21(27)14-17)23(33)29-12-10-25(11-13-29)24(34)30(15-22(32)28-18-7-8-18)16-31(25)19-4-2-1-3-5-19/h1-6,9,14,18H,7-8,10-13,15-16H2,(H,28,32). The molecule has 0 atom stereocenters. The Kier molecular flexibility index (Phi) is 6.16. The minimum Gasteiger partial charge on any atom is -0.352 e. The lowest BCUT2D eigenvalue weighted by molar-refractivity contribution is -0.137. The summed E-state index contributed by atoms with van der Waals surface area (Å²) in [6, 6.07) is 14.9. The summed E-state index contributed by atoms with van der Waals surface area (Å²) >= 11 is 12.2. The number of likely N-dealkylation sites (tertiary alicyclic amines) is 1. The predicted octanol–water partition coefficient (Wildman–Crippen LogP) is 3.55. The molecule has 9 heteroatoms. The fourth-order valence-corrected chi connectivity index (χ4v) is 5.40. The molecule has 0 radical (unpaired) electrons. The first kappa shape index (κ1) is 23.0. The molecule has 2 saturated heterocycles. The molecule has 0 bridgehead atoms. The molecule has 1 N–H and O–H groups in total. The van der Waals surface area contributed by atoms with Crippen LogP contribution < -0.4 is 10.2 Å². The molecular weight excluding hydrogens is 475 g/mol. The van der Waals surface area contributed by atoms with E-state index in [1.54, 1.807) is 28.0 Å². The van der Waals surface area contributed by atoms with Gasteiger partial charge in [0.15, 0.2) is 0 Å². The Bertz CT molecular complexity index is 1110. The van der Waals surface area contributed by atoms with Crippen LogP contribution in [-0.4, -0.2) is 65.4 Å². The summed E-state index contributed by atoms with van der Waals surface area (Å²) in [5, 5.41) is 3.76. The number of carbonyl (C=O) groups excluding carboxylic acids is 3. The van der Waals surface area contributed by atoms with Crippen molar-refractivity contribution in [3.05, 3.63) is 64.1 Å². The van der Waals surface area contributed by atoms with Gasteiger partial charge in [0, 0.05) is 29.8 Å². The van der Waals surface area contributed by atoms with Crippen LogP contribution in [0.2, 0.25) is 10.0 Å². The first-order chi connectivity index (χ1) is 16.4. The molecule has 0 aromatic heterocycles. The fourth-order valence-electron chi connectivity index (χ4n) is 4.91. The van der Waals surface area contributed by atoms with E-state index in [-0.39, 0.29) is 30.3 Å². The normalized spacial score (nSPS) is 19.6. The lowest BCUT2D eigenvalue weighted by Crippen LogP contribution is -2.57. The molecular formula is C25H26Cl2N4O3. The monoisotopic (exact) mass is 500 g/mol. The van der Waals surface area contributed by atoms with E-state index in [0.717, 1.165) is 18.5 Å². The molecule has 5 rings (SSSR count). The van der Waals surface area contributed by atoms with Crippen molar-refractivity contribution >= 4 is 46.6 Å². The Hall–Kier alpha value is -2.77. The lowest BCUT2D eigenvalue weighted by Gasteiger charge is -2.43. The van der Waals surface area contributed by atoms with E-state index in [2.05, 4.69) is 10.2 Å². The summed E-state index contributed by atoms with van der Waals surface area (Å²) in [6.45, 7) is 1.21. The summed E-state index contributed by atoms with van der Waals surface area (Å²) in [4.78, 5) is 44.8. The van der Waals surface area contributed by atoms with Crippen LogP contribution in [0.25, 0.3) is 0 Å². The topological polar surface area (TPSA) is 73.0 Å². The zero-order valence-electron chi connectivity index (χ0n) is 18.7. The van der Waals surface area contributed by atoms with Gasteiger partial charge in [0.2, 0.25) is 5.91 Å². The van der Waals surface area contributed by atoms with E-state index in [1.807, 2.05) is 30.3 Å². The maximum Gasteiger partial charge on any atom is 0.255 e. The number of amides is 3. The Balaban J connectivity index is 1.35. The maximum absolute atomic E-state index is 13.7. The van der Waals surface area contributed by atoms with E-state index in [4.69, 9.17) is 23.2 Å². The first-order valence-corrected chi connectivity index (χ1v) is 12.3. The Morgan fingerprint density at radius 2 is 1.74 bits per heavy atom. The first-order valence-electron chi connectivity index (χ1n) is 11.5. The van der Waals surface area contributed by atoms with E-state index in [0.29, 0.717) is 48.2 Å². The lowest BCUT2D eigenvalue weighted by atomic mass is 9.85. The van der Waals surface area contributed by atoms with Crippen molar-refractivity contribution in [2.75, 3.05) is 31.2 Å². The van der Waals surface area contributed by atoms with Crippen molar-refractivity contribution < 1.29 is 14.4 Å². The number of hydrogen-bond donors (Lipinski definition) is 1. The molecule has 2 aromatic carbocycles. The van der Waals surface area contributed by atoms with Crippen LogP contribution in [0.4, 0.5) is 5.69 Å². The molecule has 3 amide bonds. The van der Waals surface area contributed by atoms with Crippen LogP contribution in [0.3, 0.4) is 0 Å². The largest absolute Gasteiger partial charge is 0.352 e. The van der Waals surface area contributed by atoms with Gasteiger partial charge in [-0.2, -0.15) is 0 Å². The predicted molar refractivity (Wildman–Crippen MR) is 131 cm³/mol. The van der Waals surface area contributed by atoms with Crippen LogP contribution in [0.5, 0.6) is 0 Å². The summed E-state index contributed by atoms with van der Waals surface area (Å²) in [5.74, 6) is -0.348. The van der Waals surface area contributed by atoms with E-state index < -0.39 is 5.54 Å². The SMILES string of the molecule is O=C(CN1CN(c2ccccc2)C2(CCN(C(=O)c3ccc(Cl)cc3Cl)CC2)C1=O)NC1CC1. The Labute approximate surface area is 208 Å². The quantitative estimate of drug-likeness (QED) is 0.681. The zero-order chi connectivity index (χ0) is 23.9. The minimum atomic E-state index is -0.790. The van der Waals surface area contributed by atoms with Crippen molar-refractivity contribution in [3.63, 3.8) is 0 Å². The van der Waals surface area contributed by atoms with Crippen molar-refractivity contribution in [1.82, 2.24) is 15.1 Å². The molecule has 7 nitrogen and oxygen atoms in total. The third kappa shape index (κ3) is 4.34. The molecule has 3 aliphatic rings. The second-order valence-corrected chi connectivity index (χ2v) is 10.0. The molecule has 1 spiro atoms. The molecule has 1 saturated carbocycles. The van der Waals surface area contributed by atoms with Gasteiger partial charge in [-0.1, -0.05) is 41.4 Å². The Morgan fingerprint density at radius 3 is 2.38 bits per heavy atom. The third-order valence-corrected chi connectivity index (χ3v) is 7.45. The number of halogens is 2. The number of hydrogen-bond acceptors (Lipinski definition) is 4. The molecule has 2 heterocycles. The van der Waals surface area contributed by atoms with Gasteiger partial charge in [-0.25, -0.2) is 0 Å². The van der Waals surface area contributed by atoms with Crippen LogP contribution in [0.1, 0.15) is 36.0 Å². The molecule has 3 fully saturated rings. The van der Waals surface area contributed by atoms with Gasteiger partial charge >= 0.3 is 0 Å². The Morgan fingerprint density at radius 1 is 1.03 bits per heavy atom. The highest BCUT2D eigenvalue weighted by molar-refractivity contribution is 6.36. The third-order valence-electron chi connectivity index (χ3n) is 6.90. The number of benzene rings is 2. The number of piperidine rings is 1. The highest BCUT2D eigenvalue weighted by Crippen LogP contribution is 2.40. The number of nitrogens with one attached hydrogen (secondary N) is 1. The smallest absolute Gasteiger partial charge is 0.255 e. The van der Waals surface area contributed by atoms with Crippen LogP contribution in [-0.2, 0) is 9.59 Å². The van der Waals surface area contributed by atoms with Gasteiger partial charge in [-0.05, 0) is 56.0 Å². The molecule has 2 aromatic rings. The molecule has 2 aliphatic heterocycles. The number of rotatable bonds is 5. The zero-order valence-corrected chi connectivity index (χ0v) is 20.2. The van der Waals surface area contributed by atoms with Gasteiger partial charge in [-0.15, -0.1) is 0 Å². The number of para-hydroxylation sites is 1. The molecule has 34 heavy (non-hydrogen) atoms. The highest BCUT2D eigenvalue weighted by Gasteiger charge is 2.54. The van der Waals surface area contributed by atoms with Gasteiger partial charge in [0.25, 0.3) is 11.8 Å². The van der Waals surface area contributed by atoms with Crippen molar-refractivity contribution in [1.29, 1.82) is 0 Å². The van der Waals surface area contributed by atoms with Crippen LogP contribution in [0.15, 0.2) is 48.5 Å². The maximum atomic E-state index is 13.7. The van der Waals surface area contributed by atoms with E-state index >= 15 is 0 Å². The van der Waals surface area contributed by atoms with Crippen molar-refractivity contribution in [3.8, 4) is 0 Å². The molecule has 178 valence electrons. The van der Waals surface area contributed by atoms with Crippen LogP contribution >= 0.6 is 23.2 Å². The average molecular weight is 501 g/mol. The molecule has 1 aliphatic carbocycles. The summed E-state index contributed by atoms with van der Waals surface area (Å²) in [7, 11) is 0. The summed E-state index contributed by atoms with van der Waals surface area (Å²) < 4.78 is 0. The summed E-state index contributed by atoms with van der Waals surface area (Å²) in [6.07, 6.45) is 2.94. The number of nitrogens with zero attached hydrogens (tertiary/aromatic N) is 3. The average Bonchev–Trinajstić information content (AvgIpc) is 3.61. The number of carbonyl (C=O) groups is 3. The molecule has 0 unspecified atom stereocenters. The highest BCUT2D eigenvalue weighted by atomic mass is 35.5. The van der Waals surface area contributed by atoms with Crippen molar-refractivity contribution in [2.24, 2.45) is 0 Å². The van der Waals surface area contributed by atoms with Gasteiger partial charge in [0.05, 0.1) is 17.3 Å². The van der Waals surface area contributed by atoms with Crippen LogP contribution in [0, 0.1) is 0 Å². The second kappa shape index (κ2) is 9.12. The van der Waals surface area contributed by atoms with Gasteiger partial charge in [-0.3, -0.25) is 14.4 Å².